The Bertz CT molecular complexity index is 715. The van der Waals surface area contributed by atoms with Crippen molar-refractivity contribution >= 4 is 39.2 Å². The first-order valence-corrected chi connectivity index (χ1v) is 5.93. The number of aryl methyl sites for hydroxylation is 1. The number of nitrogen functional groups attached to an aromatic ring is 1. The van der Waals surface area contributed by atoms with Crippen LogP contribution in [0.3, 0.4) is 0 Å². The molecular weight excluding hydrogens is 234 g/mol. The van der Waals surface area contributed by atoms with Gasteiger partial charge in [0.1, 0.15) is 5.82 Å². The summed E-state index contributed by atoms with van der Waals surface area (Å²) in [4.78, 5) is 7.71. The lowest BCUT2D eigenvalue weighted by molar-refractivity contribution is 1.06. The summed E-state index contributed by atoms with van der Waals surface area (Å²) in [5.41, 5.74) is 8.87. The lowest BCUT2D eigenvalue weighted by Crippen LogP contribution is -1.95. The summed E-state index contributed by atoms with van der Waals surface area (Å²) in [7, 11) is 0. The van der Waals surface area contributed by atoms with E-state index in [1.807, 2.05) is 24.3 Å². The van der Waals surface area contributed by atoms with E-state index < -0.39 is 0 Å². The molecular formula is C13H12ClN3. The number of nitrogens with zero attached hydrogens (tertiary/aromatic N) is 1. The fourth-order valence-electron chi connectivity index (χ4n) is 2.25. The first-order chi connectivity index (χ1) is 8.20. The Morgan fingerprint density at radius 3 is 3.00 bits per heavy atom. The third-order valence-electron chi connectivity index (χ3n) is 2.99. The fourth-order valence-corrected chi connectivity index (χ4v) is 2.53. The van der Waals surface area contributed by atoms with Crippen LogP contribution in [0.4, 0.5) is 5.82 Å². The van der Waals surface area contributed by atoms with Crippen LogP contribution >= 0.6 is 11.6 Å². The third kappa shape index (κ3) is 1.46. The molecule has 0 saturated carbocycles. The molecule has 0 amide bonds. The highest BCUT2D eigenvalue weighted by Crippen LogP contribution is 2.33. The normalized spacial score (nSPS) is 11.4. The summed E-state index contributed by atoms with van der Waals surface area (Å²) in [6.45, 7) is 2.06. The van der Waals surface area contributed by atoms with Gasteiger partial charge in [-0.15, -0.1) is 0 Å². The molecule has 3 N–H and O–H groups in total. The topological polar surface area (TPSA) is 54.7 Å². The van der Waals surface area contributed by atoms with Crippen LogP contribution in [0.1, 0.15) is 12.6 Å². The Balaban J connectivity index is 2.57. The van der Waals surface area contributed by atoms with E-state index in [0.29, 0.717) is 5.82 Å². The maximum absolute atomic E-state index is 6.24. The quantitative estimate of drug-likeness (QED) is 0.689. The van der Waals surface area contributed by atoms with Crippen molar-refractivity contribution in [2.24, 2.45) is 0 Å². The van der Waals surface area contributed by atoms with E-state index in [0.717, 1.165) is 38.9 Å². The summed E-state index contributed by atoms with van der Waals surface area (Å²) in [6.07, 6.45) is 0.839. The monoisotopic (exact) mass is 245 g/mol. The summed E-state index contributed by atoms with van der Waals surface area (Å²) >= 11 is 6.24. The van der Waals surface area contributed by atoms with Crippen LogP contribution in [0.2, 0.25) is 5.02 Å². The average molecular weight is 246 g/mol. The Labute approximate surface area is 104 Å². The van der Waals surface area contributed by atoms with Gasteiger partial charge in [0.15, 0.2) is 0 Å². The molecule has 2 heterocycles. The second-order valence-corrected chi connectivity index (χ2v) is 4.46. The summed E-state index contributed by atoms with van der Waals surface area (Å²) < 4.78 is 0. The SMILES string of the molecule is CCc1nc(N)cc2c1[nH]c1cccc(Cl)c12. The molecule has 0 aliphatic rings. The highest BCUT2D eigenvalue weighted by Gasteiger charge is 2.11. The minimum atomic E-state index is 0.537. The van der Waals surface area contributed by atoms with Crippen LogP contribution in [0.5, 0.6) is 0 Å². The Morgan fingerprint density at radius 2 is 2.24 bits per heavy atom. The number of halogens is 1. The van der Waals surface area contributed by atoms with Crippen molar-refractivity contribution in [1.29, 1.82) is 0 Å². The summed E-state index contributed by atoms with van der Waals surface area (Å²) in [6, 6.07) is 7.71. The first kappa shape index (κ1) is 10.4. The van der Waals surface area contributed by atoms with Crippen LogP contribution < -0.4 is 5.73 Å². The number of H-pyrrole nitrogens is 1. The maximum Gasteiger partial charge on any atom is 0.124 e. The number of nitrogens with two attached hydrogens (primary N) is 1. The van der Waals surface area contributed by atoms with Crippen molar-refractivity contribution in [2.75, 3.05) is 5.73 Å². The van der Waals surface area contributed by atoms with Crippen molar-refractivity contribution in [1.82, 2.24) is 9.97 Å². The first-order valence-electron chi connectivity index (χ1n) is 5.56. The van der Waals surface area contributed by atoms with E-state index in [-0.39, 0.29) is 0 Å². The molecule has 0 bridgehead atoms. The number of aromatic amines is 1. The van der Waals surface area contributed by atoms with Gasteiger partial charge in [0.2, 0.25) is 0 Å². The molecule has 0 atom stereocenters. The van der Waals surface area contributed by atoms with Crippen molar-refractivity contribution in [3.8, 4) is 0 Å². The number of pyridine rings is 1. The molecule has 0 unspecified atom stereocenters. The van der Waals surface area contributed by atoms with Crippen molar-refractivity contribution in [3.05, 3.63) is 35.0 Å². The third-order valence-corrected chi connectivity index (χ3v) is 3.31. The largest absolute Gasteiger partial charge is 0.384 e. The van der Waals surface area contributed by atoms with Gasteiger partial charge in [-0.2, -0.15) is 0 Å². The molecule has 0 fully saturated rings. The minimum absolute atomic E-state index is 0.537. The van der Waals surface area contributed by atoms with Crippen LogP contribution in [0, 0.1) is 0 Å². The second-order valence-electron chi connectivity index (χ2n) is 4.06. The molecule has 1 aromatic carbocycles. The molecule has 3 aromatic rings. The van der Waals surface area contributed by atoms with Gasteiger partial charge < -0.3 is 10.7 Å². The number of anilines is 1. The maximum atomic E-state index is 6.24. The standard InChI is InChI=1S/C13H12ClN3/c1-2-9-13-7(6-11(15)16-9)12-8(14)4-3-5-10(12)17-13/h3-6,17H,2H2,1H3,(H2,15,16). The van der Waals surface area contributed by atoms with Crippen LogP contribution in [-0.2, 0) is 6.42 Å². The zero-order valence-corrected chi connectivity index (χ0v) is 10.2. The molecule has 3 nitrogen and oxygen atoms in total. The molecule has 17 heavy (non-hydrogen) atoms. The second kappa shape index (κ2) is 3.64. The van der Waals surface area contributed by atoms with Gasteiger partial charge in [0.05, 0.1) is 16.2 Å². The molecule has 0 spiro atoms. The lowest BCUT2D eigenvalue weighted by Gasteiger charge is -2.01. The predicted octanol–water partition coefficient (Wildman–Crippen LogP) is 3.51. The van der Waals surface area contributed by atoms with Crippen LogP contribution in [0.15, 0.2) is 24.3 Å². The van der Waals surface area contributed by atoms with Gasteiger partial charge in [0, 0.05) is 16.3 Å². The summed E-state index contributed by atoms with van der Waals surface area (Å²) in [5.74, 6) is 0.537. The molecule has 0 aliphatic heterocycles. The van der Waals surface area contributed by atoms with Crippen LogP contribution in [-0.4, -0.2) is 9.97 Å². The van der Waals surface area contributed by atoms with Gasteiger partial charge in [-0.3, -0.25) is 0 Å². The molecule has 0 saturated heterocycles. The number of hydrogen-bond acceptors (Lipinski definition) is 2. The van der Waals surface area contributed by atoms with E-state index in [9.17, 15) is 0 Å². The zero-order valence-electron chi connectivity index (χ0n) is 9.42. The number of fused-ring (bicyclic) bond motifs is 3. The highest BCUT2D eigenvalue weighted by atomic mass is 35.5. The van der Waals surface area contributed by atoms with E-state index >= 15 is 0 Å². The average Bonchev–Trinajstić information content (AvgIpc) is 2.67. The van der Waals surface area contributed by atoms with Gasteiger partial charge in [-0.25, -0.2) is 4.98 Å². The molecule has 0 radical (unpaired) electrons. The van der Waals surface area contributed by atoms with E-state index in [2.05, 4.69) is 16.9 Å². The fraction of sp³-hybridized carbons (Fsp3) is 0.154. The molecule has 4 heteroatoms. The van der Waals surface area contributed by atoms with Gasteiger partial charge in [-0.05, 0) is 24.6 Å². The van der Waals surface area contributed by atoms with Crippen molar-refractivity contribution < 1.29 is 0 Å². The number of rotatable bonds is 1. The molecule has 2 aromatic heterocycles. The number of hydrogen-bond donors (Lipinski definition) is 2. The number of benzene rings is 1. The number of nitrogens with one attached hydrogen (secondary N) is 1. The molecule has 3 rings (SSSR count). The minimum Gasteiger partial charge on any atom is -0.384 e. The molecule has 0 aliphatic carbocycles. The predicted molar refractivity (Wildman–Crippen MR) is 72.4 cm³/mol. The van der Waals surface area contributed by atoms with Crippen molar-refractivity contribution in [3.63, 3.8) is 0 Å². The van der Waals surface area contributed by atoms with Crippen LogP contribution in [0.25, 0.3) is 21.8 Å². The lowest BCUT2D eigenvalue weighted by atomic mass is 10.1. The zero-order chi connectivity index (χ0) is 12.0. The Morgan fingerprint density at radius 1 is 1.41 bits per heavy atom. The van der Waals surface area contributed by atoms with E-state index in [4.69, 9.17) is 17.3 Å². The highest BCUT2D eigenvalue weighted by molar-refractivity contribution is 6.38. The Kier molecular flexibility index (Phi) is 2.23. The summed E-state index contributed by atoms with van der Waals surface area (Å²) in [5, 5.41) is 2.81. The van der Waals surface area contributed by atoms with E-state index in [1.165, 1.54) is 0 Å². The Hall–Kier alpha value is -1.74. The van der Waals surface area contributed by atoms with Gasteiger partial charge >= 0.3 is 0 Å². The van der Waals surface area contributed by atoms with Crippen molar-refractivity contribution in [2.45, 2.75) is 13.3 Å². The number of aromatic nitrogens is 2. The van der Waals surface area contributed by atoms with Gasteiger partial charge in [0.25, 0.3) is 0 Å². The smallest absolute Gasteiger partial charge is 0.124 e. The van der Waals surface area contributed by atoms with Gasteiger partial charge in [-0.1, -0.05) is 24.6 Å². The molecule has 86 valence electrons. The van der Waals surface area contributed by atoms with E-state index in [1.54, 1.807) is 0 Å².